The molecule has 1 saturated heterocycles. The summed E-state index contributed by atoms with van der Waals surface area (Å²) in [6.07, 6.45) is 0.860. The summed E-state index contributed by atoms with van der Waals surface area (Å²) in [5.41, 5.74) is -0.553. The van der Waals surface area contributed by atoms with E-state index in [4.69, 9.17) is 4.74 Å². The number of aliphatic hydroxyl groups excluding tert-OH is 1. The summed E-state index contributed by atoms with van der Waals surface area (Å²) in [4.78, 5) is 13.6. The SMILES string of the molecule is CC(O)NC1(C)CCN(C(=O)OC(C)(C)C)CC1. The molecule has 0 radical (unpaired) electrons. The topological polar surface area (TPSA) is 61.8 Å². The highest BCUT2D eigenvalue weighted by molar-refractivity contribution is 5.68. The predicted octanol–water partition coefficient (Wildman–Crippen LogP) is 1.70. The number of nitrogens with zero attached hydrogens (tertiary/aromatic N) is 1. The number of hydrogen-bond donors (Lipinski definition) is 2. The van der Waals surface area contributed by atoms with Crippen LogP contribution in [0.1, 0.15) is 47.5 Å². The Morgan fingerprint density at radius 3 is 2.28 bits per heavy atom. The fraction of sp³-hybridized carbons (Fsp3) is 0.923. The van der Waals surface area contributed by atoms with Crippen LogP contribution in [-0.4, -0.2) is 46.6 Å². The van der Waals surface area contributed by atoms with Gasteiger partial charge in [-0.25, -0.2) is 4.79 Å². The summed E-state index contributed by atoms with van der Waals surface area (Å²) < 4.78 is 5.34. The number of hydrogen-bond acceptors (Lipinski definition) is 4. The van der Waals surface area contributed by atoms with Crippen molar-refractivity contribution in [3.05, 3.63) is 0 Å². The molecule has 1 unspecified atom stereocenters. The molecule has 1 aliphatic heterocycles. The molecule has 1 amide bonds. The van der Waals surface area contributed by atoms with Crippen molar-refractivity contribution in [2.75, 3.05) is 13.1 Å². The molecule has 2 N–H and O–H groups in total. The molecule has 0 saturated carbocycles. The van der Waals surface area contributed by atoms with E-state index in [0.29, 0.717) is 13.1 Å². The second kappa shape index (κ2) is 5.45. The quantitative estimate of drug-likeness (QED) is 0.740. The van der Waals surface area contributed by atoms with Crippen LogP contribution in [0.4, 0.5) is 4.79 Å². The first kappa shape index (κ1) is 15.2. The van der Waals surface area contributed by atoms with Crippen molar-refractivity contribution in [2.24, 2.45) is 0 Å². The van der Waals surface area contributed by atoms with Crippen molar-refractivity contribution < 1.29 is 14.6 Å². The molecule has 0 spiro atoms. The fourth-order valence-corrected chi connectivity index (χ4v) is 2.16. The number of piperidine rings is 1. The van der Waals surface area contributed by atoms with E-state index < -0.39 is 11.8 Å². The standard InChI is InChI=1S/C13H26N2O3/c1-10(16)14-13(5)6-8-15(9-7-13)11(17)18-12(2,3)4/h10,14,16H,6-9H2,1-5H3. The Bertz CT molecular complexity index is 289. The predicted molar refractivity (Wildman–Crippen MR) is 70.3 cm³/mol. The maximum atomic E-state index is 11.9. The van der Waals surface area contributed by atoms with Gasteiger partial charge in [0.2, 0.25) is 0 Å². The smallest absolute Gasteiger partial charge is 0.410 e. The van der Waals surface area contributed by atoms with Crippen molar-refractivity contribution in [1.82, 2.24) is 10.2 Å². The zero-order valence-electron chi connectivity index (χ0n) is 12.1. The van der Waals surface area contributed by atoms with Crippen LogP contribution >= 0.6 is 0 Å². The van der Waals surface area contributed by atoms with E-state index >= 15 is 0 Å². The van der Waals surface area contributed by atoms with Crippen LogP contribution in [0, 0.1) is 0 Å². The molecule has 5 nitrogen and oxygen atoms in total. The summed E-state index contributed by atoms with van der Waals surface area (Å²) in [7, 11) is 0. The van der Waals surface area contributed by atoms with E-state index in [2.05, 4.69) is 12.2 Å². The number of nitrogens with one attached hydrogen (secondary N) is 1. The third kappa shape index (κ3) is 4.82. The molecule has 0 aromatic carbocycles. The lowest BCUT2D eigenvalue weighted by Crippen LogP contribution is -2.55. The van der Waals surface area contributed by atoms with Crippen LogP contribution in [0.3, 0.4) is 0 Å². The van der Waals surface area contributed by atoms with Crippen LogP contribution < -0.4 is 5.32 Å². The second-order valence-corrected chi connectivity index (χ2v) is 6.35. The van der Waals surface area contributed by atoms with Gasteiger partial charge in [-0.15, -0.1) is 0 Å². The lowest BCUT2D eigenvalue weighted by molar-refractivity contribution is 0.0111. The van der Waals surface area contributed by atoms with Gasteiger partial charge in [-0.3, -0.25) is 5.32 Å². The third-order valence-electron chi connectivity index (χ3n) is 3.08. The van der Waals surface area contributed by atoms with E-state index in [1.807, 2.05) is 20.8 Å². The minimum Gasteiger partial charge on any atom is -0.444 e. The lowest BCUT2D eigenvalue weighted by Gasteiger charge is -2.41. The van der Waals surface area contributed by atoms with Gasteiger partial charge < -0.3 is 14.7 Å². The van der Waals surface area contributed by atoms with Crippen LogP contribution in [0.25, 0.3) is 0 Å². The van der Waals surface area contributed by atoms with E-state index in [0.717, 1.165) is 12.8 Å². The zero-order valence-corrected chi connectivity index (χ0v) is 12.1. The van der Waals surface area contributed by atoms with E-state index in [1.165, 1.54) is 0 Å². The number of carbonyl (C=O) groups excluding carboxylic acids is 1. The molecule has 1 aliphatic rings. The minimum atomic E-state index is -0.525. The first-order valence-corrected chi connectivity index (χ1v) is 6.55. The van der Waals surface area contributed by atoms with Gasteiger partial charge in [0.25, 0.3) is 0 Å². The summed E-state index contributed by atoms with van der Waals surface area (Å²) in [5, 5.41) is 12.5. The number of ether oxygens (including phenoxy) is 1. The van der Waals surface area contributed by atoms with E-state index in [-0.39, 0.29) is 11.6 Å². The second-order valence-electron chi connectivity index (χ2n) is 6.35. The number of rotatable bonds is 2. The molecule has 106 valence electrons. The number of aliphatic hydroxyl groups is 1. The van der Waals surface area contributed by atoms with E-state index in [1.54, 1.807) is 11.8 Å². The zero-order chi connectivity index (χ0) is 14.0. The Balaban J connectivity index is 2.46. The molecule has 1 fully saturated rings. The molecule has 0 aromatic rings. The molecule has 0 aromatic heterocycles. The molecular formula is C13H26N2O3. The molecule has 5 heteroatoms. The highest BCUT2D eigenvalue weighted by Gasteiger charge is 2.33. The molecule has 1 rings (SSSR count). The van der Waals surface area contributed by atoms with E-state index in [9.17, 15) is 9.90 Å². The van der Waals surface area contributed by atoms with Gasteiger partial charge in [0.15, 0.2) is 0 Å². The number of carbonyl (C=O) groups is 1. The fourth-order valence-electron chi connectivity index (χ4n) is 2.16. The van der Waals surface area contributed by atoms with Crippen molar-refractivity contribution in [3.8, 4) is 0 Å². The summed E-state index contributed by atoms with van der Waals surface area (Å²) in [6.45, 7) is 10.7. The van der Waals surface area contributed by atoms with Gasteiger partial charge in [-0.1, -0.05) is 0 Å². The molecule has 1 atom stereocenters. The molecule has 0 bridgehead atoms. The van der Waals surface area contributed by atoms with Crippen LogP contribution in [0.2, 0.25) is 0 Å². The first-order valence-electron chi connectivity index (χ1n) is 6.55. The Hall–Kier alpha value is -0.810. The average molecular weight is 258 g/mol. The molecular weight excluding hydrogens is 232 g/mol. The maximum absolute atomic E-state index is 11.9. The normalized spacial score (nSPS) is 21.6. The maximum Gasteiger partial charge on any atom is 0.410 e. The lowest BCUT2D eigenvalue weighted by atomic mass is 9.89. The summed E-state index contributed by atoms with van der Waals surface area (Å²) >= 11 is 0. The monoisotopic (exact) mass is 258 g/mol. The minimum absolute atomic E-state index is 0.104. The van der Waals surface area contributed by atoms with Gasteiger partial charge in [-0.05, 0) is 47.5 Å². The Morgan fingerprint density at radius 1 is 1.39 bits per heavy atom. The Labute approximate surface area is 109 Å². The molecule has 1 heterocycles. The van der Waals surface area contributed by atoms with Gasteiger partial charge in [0, 0.05) is 18.6 Å². The van der Waals surface area contributed by atoms with Gasteiger partial charge in [0.1, 0.15) is 11.8 Å². The Kier molecular flexibility index (Phi) is 4.61. The van der Waals surface area contributed by atoms with Crippen LogP contribution in [0.5, 0.6) is 0 Å². The number of amides is 1. The first-order chi connectivity index (χ1) is 8.11. The van der Waals surface area contributed by atoms with Crippen molar-refractivity contribution in [3.63, 3.8) is 0 Å². The highest BCUT2D eigenvalue weighted by atomic mass is 16.6. The van der Waals surface area contributed by atoms with Crippen LogP contribution in [0.15, 0.2) is 0 Å². The largest absolute Gasteiger partial charge is 0.444 e. The molecule has 18 heavy (non-hydrogen) atoms. The number of likely N-dealkylation sites (tertiary alicyclic amines) is 1. The summed E-state index contributed by atoms with van der Waals surface area (Å²) in [5.74, 6) is 0. The van der Waals surface area contributed by atoms with Gasteiger partial charge in [0.05, 0.1) is 0 Å². The highest BCUT2D eigenvalue weighted by Crippen LogP contribution is 2.23. The molecule has 0 aliphatic carbocycles. The third-order valence-corrected chi connectivity index (χ3v) is 3.08. The van der Waals surface area contributed by atoms with Gasteiger partial charge in [-0.2, -0.15) is 0 Å². The Morgan fingerprint density at radius 2 is 1.89 bits per heavy atom. The van der Waals surface area contributed by atoms with Crippen molar-refractivity contribution in [1.29, 1.82) is 0 Å². The van der Waals surface area contributed by atoms with Crippen LogP contribution in [-0.2, 0) is 4.74 Å². The van der Waals surface area contributed by atoms with Gasteiger partial charge >= 0.3 is 6.09 Å². The summed E-state index contributed by atoms with van der Waals surface area (Å²) in [6, 6.07) is 0. The van der Waals surface area contributed by atoms with Crippen molar-refractivity contribution in [2.45, 2.75) is 64.8 Å². The van der Waals surface area contributed by atoms with Crippen molar-refractivity contribution >= 4 is 6.09 Å². The average Bonchev–Trinajstić information content (AvgIpc) is 2.13.